The minimum atomic E-state index is -0.339. The summed E-state index contributed by atoms with van der Waals surface area (Å²) in [5, 5.41) is 6.31. The molecule has 1 saturated heterocycles. The minimum Gasteiger partial charge on any atom is -0.488 e. The summed E-state index contributed by atoms with van der Waals surface area (Å²) in [6, 6.07) is 9.09. The molecule has 1 atom stereocenters. The van der Waals surface area contributed by atoms with Gasteiger partial charge in [0.15, 0.2) is 5.96 Å². The second-order valence-corrected chi connectivity index (χ2v) is 6.43. The highest BCUT2D eigenvalue weighted by molar-refractivity contribution is 5.79. The first kappa shape index (κ1) is 19.1. The van der Waals surface area contributed by atoms with Gasteiger partial charge in [-0.3, -0.25) is 9.98 Å². The third-order valence-corrected chi connectivity index (χ3v) is 4.33. The zero-order valence-electron chi connectivity index (χ0n) is 15.7. The van der Waals surface area contributed by atoms with Gasteiger partial charge >= 0.3 is 0 Å². The number of pyridine rings is 1. The van der Waals surface area contributed by atoms with E-state index in [4.69, 9.17) is 9.47 Å². The van der Waals surface area contributed by atoms with Crippen LogP contribution >= 0.6 is 0 Å². The predicted octanol–water partition coefficient (Wildman–Crippen LogP) is 2.56. The summed E-state index contributed by atoms with van der Waals surface area (Å²) in [5.74, 6) is 1.08. The molecule has 6 nitrogen and oxygen atoms in total. The van der Waals surface area contributed by atoms with E-state index in [1.165, 1.54) is 6.07 Å². The van der Waals surface area contributed by atoms with Crippen molar-refractivity contribution >= 4 is 5.96 Å². The molecular weight excluding hydrogens is 347 g/mol. The van der Waals surface area contributed by atoms with Gasteiger partial charge in [-0.05, 0) is 30.7 Å². The molecule has 0 saturated carbocycles. The Balaban J connectivity index is 1.60. The topological polar surface area (TPSA) is 67.8 Å². The fourth-order valence-electron chi connectivity index (χ4n) is 2.82. The highest BCUT2D eigenvalue weighted by Gasteiger charge is 2.18. The van der Waals surface area contributed by atoms with Gasteiger partial charge in [-0.2, -0.15) is 0 Å². The first-order valence-electron chi connectivity index (χ1n) is 9.03. The van der Waals surface area contributed by atoms with Gasteiger partial charge in [0.1, 0.15) is 17.7 Å². The predicted molar refractivity (Wildman–Crippen MR) is 102 cm³/mol. The van der Waals surface area contributed by atoms with Crippen LogP contribution in [0.5, 0.6) is 5.75 Å². The van der Waals surface area contributed by atoms with E-state index in [2.05, 4.69) is 26.7 Å². The van der Waals surface area contributed by atoms with Gasteiger partial charge in [0.05, 0.1) is 25.5 Å². The monoisotopic (exact) mass is 372 g/mol. The lowest BCUT2D eigenvalue weighted by Crippen LogP contribution is -2.36. The molecule has 0 bridgehead atoms. The number of benzene rings is 1. The number of nitrogens with zero attached hydrogens (tertiary/aromatic N) is 2. The summed E-state index contributed by atoms with van der Waals surface area (Å²) in [4.78, 5) is 8.21. The molecule has 1 fully saturated rings. The summed E-state index contributed by atoms with van der Waals surface area (Å²) in [7, 11) is 1.67. The van der Waals surface area contributed by atoms with Crippen LogP contribution in [0.3, 0.4) is 0 Å². The fourth-order valence-corrected chi connectivity index (χ4v) is 2.82. The lowest BCUT2D eigenvalue weighted by atomic mass is 10.1. The van der Waals surface area contributed by atoms with Crippen molar-refractivity contribution in [3.05, 3.63) is 59.2 Å². The second-order valence-electron chi connectivity index (χ2n) is 6.43. The van der Waals surface area contributed by atoms with Crippen LogP contribution in [-0.4, -0.2) is 37.3 Å². The lowest BCUT2D eigenvalue weighted by molar-refractivity contribution is 0.140. The van der Waals surface area contributed by atoms with Crippen LogP contribution in [0.4, 0.5) is 4.39 Å². The third-order valence-electron chi connectivity index (χ3n) is 4.33. The van der Waals surface area contributed by atoms with Crippen molar-refractivity contribution < 1.29 is 13.9 Å². The average molecular weight is 372 g/mol. The number of aliphatic imine (C=N–C) groups is 1. The summed E-state index contributed by atoms with van der Waals surface area (Å²) >= 11 is 0. The van der Waals surface area contributed by atoms with Crippen LogP contribution in [0.25, 0.3) is 0 Å². The third kappa shape index (κ3) is 5.40. The van der Waals surface area contributed by atoms with Crippen molar-refractivity contribution in [2.45, 2.75) is 32.5 Å². The standard InChI is InChI=1S/C20H25FN4O2/c1-14-5-6-15(19(10-14)27-16-7-9-26-13-16)11-24-20(22-2)25-12-18-17(21)4-3-8-23-18/h3-6,8,10,16H,7,9,11-13H2,1-2H3,(H2,22,24,25). The molecule has 2 N–H and O–H groups in total. The van der Waals surface area contributed by atoms with Crippen molar-refractivity contribution in [2.75, 3.05) is 20.3 Å². The minimum absolute atomic E-state index is 0.0927. The van der Waals surface area contributed by atoms with Crippen LogP contribution in [0.15, 0.2) is 41.5 Å². The number of ether oxygens (including phenoxy) is 2. The first-order valence-corrected chi connectivity index (χ1v) is 9.03. The van der Waals surface area contributed by atoms with Crippen LogP contribution in [-0.2, 0) is 17.8 Å². The van der Waals surface area contributed by atoms with Gasteiger partial charge in [-0.15, -0.1) is 0 Å². The molecule has 1 unspecified atom stereocenters. The fraction of sp³-hybridized carbons (Fsp3) is 0.400. The van der Waals surface area contributed by atoms with Gasteiger partial charge in [0.2, 0.25) is 0 Å². The number of hydrogen-bond donors (Lipinski definition) is 2. The maximum atomic E-state index is 13.7. The first-order chi connectivity index (χ1) is 13.2. The second kappa shape index (κ2) is 9.32. The van der Waals surface area contributed by atoms with Crippen molar-refractivity contribution in [1.29, 1.82) is 0 Å². The molecule has 144 valence electrons. The maximum Gasteiger partial charge on any atom is 0.191 e. The molecule has 1 aromatic carbocycles. The SMILES string of the molecule is CN=C(NCc1ccc(C)cc1OC1CCOC1)NCc1ncccc1F. The van der Waals surface area contributed by atoms with E-state index in [1.54, 1.807) is 19.3 Å². The molecule has 0 spiro atoms. The molecule has 7 heteroatoms. The Kier molecular flexibility index (Phi) is 6.59. The molecule has 3 rings (SSSR count). The van der Waals surface area contributed by atoms with E-state index >= 15 is 0 Å². The molecule has 1 aliphatic heterocycles. The molecular formula is C20H25FN4O2. The Morgan fingerprint density at radius 2 is 2.19 bits per heavy atom. The van der Waals surface area contributed by atoms with E-state index < -0.39 is 0 Å². The van der Waals surface area contributed by atoms with Crippen molar-refractivity contribution in [3.63, 3.8) is 0 Å². The van der Waals surface area contributed by atoms with E-state index in [0.717, 1.165) is 29.9 Å². The summed E-state index contributed by atoms with van der Waals surface area (Å²) in [5.41, 5.74) is 2.52. The Bertz CT molecular complexity index is 791. The summed E-state index contributed by atoms with van der Waals surface area (Å²) in [6.45, 7) is 4.19. The average Bonchev–Trinajstić information content (AvgIpc) is 3.17. The van der Waals surface area contributed by atoms with Gasteiger partial charge < -0.3 is 20.1 Å². The molecule has 0 amide bonds. The highest BCUT2D eigenvalue weighted by atomic mass is 19.1. The zero-order chi connectivity index (χ0) is 19.1. The van der Waals surface area contributed by atoms with E-state index in [1.807, 2.05) is 19.1 Å². The molecule has 1 aliphatic rings. The molecule has 2 aromatic rings. The highest BCUT2D eigenvalue weighted by Crippen LogP contribution is 2.23. The number of guanidine groups is 1. The smallest absolute Gasteiger partial charge is 0.191 e. The molecule has 0 aliphatic carbocycles. The van der Waals surface area contributed by atoms with Gasteiger partial charge in [0, 0.05) is 31.8 Å². The van der Waals surface area contributed by atoms with E-state index in [0.29, 0.717) is 24.8 Å². The summed E-state index contributed by atoms with van der Waals surface area (Å²) < 4.78 is 25.2. The Morgan fingerprint density at radius 1 is 1.33 bits per heavy atom. The summed E-state index contributed by atoms with van der Waals surface area (Å²) in [6.07, 6.45) is 2.56. The number of aryl methyl sites for hydroxylation is 1. The quantitative estimate of drug-likeness (QED) is 0.603. The van der Waals surface area contributed by atoms with Crippen LogP contribution in [0.2, 0.25) is 0 Å². The van der Waals surface area contributed by atoms with E-state index in [9.17, 15) is 4.39 Å². The lowest BCUT2D eigenvalue weighted by Gasteiger charge is -2.18. The van der Waals surface area contributed by atoms with Crippen LogP contribution in [0.1, 0.15) is 23.2 Å². The molecule has 1 aromatic heterocycles. The zero-order valence-corrected chi connectivity index (χ0v) is 15.7. The number of halogens is 1. The van der Waals surface area contributed by atoms with Crippen molar-refractivity contribution in [1.82, 2.24) is 15.6 Å². The van der Waals surface area contributed by atoms with E-state index in [-0.39, 0.29) is 18.5 Å². The molecule has 2 heterocycles. The Morgan fingerprint density at radius 3 is 2.93 bits per heavy atom. The van der Waals surface area contributed by atoms with Gasteiger partial charge in [-0.1, -0.05) is 12.1 Å². The van der Waals surface area contributed by atoms with Crippen LogP contribution < -0.4 is 15.4 Å². The number of rotatable bonds is 6. The number of hydrogen-bond acceptors (Lipinski definition) is 4. The largest absolute Gasteiger partial charge is 0.488 e. The number of nitrogens with one attached hydrogen (secondary N) is 2. The Labute approximate surface area is 158 Å². The van der Waals surface area contributed by atoms with Crippen molar-refractivity contribution in [3.8, 4) is 5.75 Å². The van der Waals surface area contributed by atoms with Crippen molar-refractivity contribution in [2.24, 2.45) is 4.99 Å². The molecule has 27 heavy (non-hydrogen) atoms. The normalized spacial score (nSPS) is 17.0. The molecule has 0 radical (unpaired) electrons. The Hall–Kier alpha value is -2.67. The van der Waals surface area contributed by atoms with Crippen LogP contribution in [0, 0.1) is 12.7 Å². The van der Waals surface area contributed by atoms with Gasteiger partial charge in [-0.25, -0.2) is 4.39 Å². The number of aromatic nitrogens is 1. The van der Waals surface area contributed by atoms with Gasteiger partial charge in [0.25, 0.3) is 0 Å². The maximum absolute atomic E-state index is 13.7.